The van der Waals surface area contributed by atoms with Gasteiger partial charge in [0, 0.05) is 24.8 Å². The Kier molecular flexibility index (Phi) is 11.8. The van der Waals surface area contributed by atoms with Crippen LogP contribution in [0.25, 0.3) is 0 Å². The topological polar surface area (TPSA) is 102 Å². The van der Waals surface area contributed by atoms with Crippen LogP contribution in [0.4, 0.5) is 0 Å². The standard InChI is InChI=1S/C37H69N3O3/c1-25(2)26(3)11-12-27(4)31-13-14-32-30-23-34(40(22-10-20-39)21-9-8-19-38)37(42)24-29(43-28(5)41)15-18-36(37,7)33(30)16-17-35(31,32)6/h25-27,29-34,42H,8-24,38-39H2,1-7H3/t26-,27-,29+,30+,31-,32+,33+,34-,35-,36-,37?/m1/s1. The molecular formula is C37H69N3O3. The zero-order valence-corrected chi connectivity index (χ0v) is 29.1. The summed E-state index contributed by atoms with van der Waals surface area (Å²) >= 11 is 0. The van der Waals surface area contributed by atoms with E-state index in [1.54, 1.807) is 0 Å². The minimum absolute atomic E-state index is 0.0622. The summed E-state index contributed by atoms with van der Waals surface area (Å²) in [5.74, 6) is 4.81. The van der Waals surface area contributed by atoms with Gasteiger partial charge in [-0.1, -0.05) is 54.4 Å². The largest absolute Gasteiger partial charge is 0.462 e. The van der Waals surface area contributed by atoms with Gasteiger partial charge in [-0.05, 0) is 137 Å². The number of aliphatic hydroxyl groups is 1. The number of esters is 1. The van der Waals surface area contributed by atoms with Crippen LogP contribution in [0.3, 0.4) is 0 Å². The fourth-order valence-corrected chi connectivity index (χ4v) is 11.2. The van der Waals surface area contributed by atoms with Crippen LogP contribution in [0.2, 0.25) is 0 Å². The minimum atomic E-state index is -0.879. The molecule has 4 fully saturated rings. The van der Waals surface area contributed by atoms with Crippen LogP contribution >= 0.6 is 0 Å². The average molecular weight is 604 g/mol. The smallest absolute Gasteiger partial charge is 0.302 e. The first kappa shape index (κ1) is 35.2. The van der Waals surface area contributed by atoms with Crippen LogP contribution in [0.15, 0.2) is 0 Å². The molecule has 6 heteroatoms. The quantitative estimate of drug-likeness (QED) is 0.150. The van der Waals surface area contributed by atoms with Gasteiger partial charge < -0.3 is 21.3 Å². The Morgan fingerprint density at radius 3 is 2.28 bits per heavy atom. The molecule has 0 aromatic carbocycles. The Labute approximate surface area is 264 Å². The molecule has 0 aromatic heterocycles. The first-order chi connectivity index (χ1) is 20.3. The van der Waals surface area contributed by atoms with Gasteiger partial charge in [0.2, 0.25) is 0 Å². The van der Waals surface area contributed by atoms with Crippen LogP contribution in [0, 0.1) is 52.3 Å². The van der Waals surface area contributed by atoms with Gasteiger partial charge in [-0.15, -0.1) is 0 Å². The Morgan fingerprint density at radius 1 is 0.930 bits per heavy atom. The first-order valence-electron chi connectivity index (χ1n) is 18.4. The SMILES string of the molecule is CC(=O)O[C@H]1CC[C@]2(C)[C@H]3CC[C@]4(C)[C@@H]([C@H](C)CC[C@@H](C)C(C)C)CC[C@H]4[C@@H]3C[C@@H](N(CCCN)CCCCN)C2(O)C1. The van der Waals surface area contributed by atoms with Gasteiger partial charge in [0.05, 0.1) is 5.60 Å². The molecule has 0 heterocycles. The van der Waals surface area contributed by atoms with Crippen LogP contribution in [-0.2, 0) is 9.53 Å². The van der Waals surface area contributed by atoms with E-state index < -0.39 is 5.60 Å². The highest BCUT2D eigenvalue weighted by molar-refractivity contribution is 5.66. The summed E-state index contributed by atoms with van der Waals surface area (Å²) in [4.78, 5) is 14.6. The lowest BCUT2D eigenvalue weighted by Gasteiger charge is -2.67. The summed E-state index contributed by atoms with van der Waals surface area (Å²) in [6.45, 7) is 19.6. The van der Waals surface area contributed by atoms with Crippen LogP contribution in [0.5, 0.6) is 0 Å². The maximum absolute atomic E-state index is 13.1. The molecule has 43 heavy (non-hydrogen) atoms. The number of rotatable bonds is 14. The predicted octanol–water partition coefficient (Wildman–Crippen LogP) is 6.77. The van der Waals surface area contributed by atoms with Crippen molar-refractivity contribution >= 4 is 5.97 Å². The van der Waals surface area contributed by atoms with Crippen molar-refractivity contribution in [3.05, 3.63) is 0 Å². The molecule has 4 saturated carbocycles. The summed E-state index contributed by atoms with van der Waals surface area (Å²) in [6, 6.07) is 0.0622. The Bertz CT molecular complexity index is 914. The number of hydrogen-bond donors (Lipinski definition) is 3. The minimum Gasteiger partial charge on any atom is -0.462 e. The van der Waals surface area contributed by atoms with Gasteiger partial charge in [-0.25, -0.2) is 0 Å². The zero-order chi connectivity index (χ0) is 31.6. The van der Waals surface area contributed by atoms with E-state index in [0.717, 1.165) is 81.2 Å². The van der Waals surface area contributed by atoms with E-state index in [1.807, 2.05) is 0 Å². The molecule has 0 aliphatic heterocycles. The van der Waals surface area contributed by atoms with Crippen LogP contribution in [-0.4, -0.2) is 59.9 Å². The third-order valence-corrected chi connectivity index (χ3v) is 14.1. The van der Waals surface area contributed by atoms with Gasteiger partial charge in [0.25, 0.3) is 0 Å². The van der Waals surface area contributed by atoms with Crippen molar-refractivity contribution in [1.29, 1.82) is 0 Å². The van der Waals surface area contributed by atoms with Crippen molar-refractivity contribution in [3.63, 3.8) is 0 Å². The van der Waals surface area contributed by atoms with Gasteiger partial charge in [0.15, 0.2) is 0 Å². The summed E-state index contributed by atoms with van der Waals surface area (Å²) in [6.07, 6.45) is 14.1. The first-order valence-corrected chi connectivity index (χ1v) is 18.4. The number of nitrogens with zero attached hydrogens (tertiary/aromatic N) is 1. The monoisotopic (exact) mass is 604 g/mol. The fourth-order valence-electron chi connectivity index (χ4n) is 11.2. The molecule has 0 aromatic rings. The molecule has 4 aliphatic carbocycles. The third-order valence-electron chi connectivity index (χ3n) is 14.1. The summed E-state index contributed by atoms with van der Waals surface area (Å²) in [5, 5.41) is 13.1. The second kappa shape index (κ2) is 14.4. The predicted molar refractivity (Wildman–Crippen MR) is 177 cm³/mol. The molecule has 0 bridgehead atoms. The van der Waals surface area contributed by atoms with E-state index in [9.17, 15) is 9.90 Å². The third kappa shape index (κ3) is 6.88. The maximum Gasteiger partial charge on any atom is 0.302 e. The molecule has 0 spiro atoms. The highest BCUT2D eigenvalue weighted by Gasteiger charge is 2.68. The Morgan fingerprint density at radius 2 is 1.63 bits per heavy atom. The van der Waals surface area contributed by atoms with Crippen LogP contribution < -0.4 is 11.5 Å². The van der Waals surface area contributed by atoms with E-state index in [1.165, 1.54) is 45.4 Å². The maximum atomic E-state index is 13.1. The van der Waals surface area contributed by atoms with E-state index in [2.05, 4.69) is 46.4 Å². The molecule has 250 valence electrons. The lowest BCUT2D eigenvalue weighted by molar-refractivity contribution is -0.253. The lowest BCUT2D eigenvalue weighted by atomic mass is 9.41. The van der Waals surface area contributed by atoms with E-state index in [-0.39, 0.29) is 23.5 Å². The van der Waals surface area contributed by atoms with E-state index in [4.69, 9.17) is 16.2 Å². The number of ether oxygens (including phenoxy) is 1. The fraction of sp³-hybridized carbons (Fsp3) is 0.973. The summed E-state index contributed by atoms with van der Waals surface area (Å²) < 4.78 is 5.82. The number of unbranched alkanes of at least 4 members (excludes halogenated alkanes) is 1. The number of carbonyl (C=O) groups excluding carboxylic acids is 1. The van der Waals surface area contributed by atoms with Crippen molar-refractivity contribution in [2.45, 2.75) is 150 Å². The van der Waals surface area contributed by atoms with Crippen molar-refractivity contribution in [2.75, 3.05) is 26.2 Å². The second-order valence-corrected chi connectivity index (χ2v) is 16.6. The molecule has 0 amide bonds. The Hall–Kier alpha value is -0.690. The highest BCUT2D eigenvalue weighted by Crippen LogP contribution is 2.69. The lowest BCUT2D eigenvalue weighted by Crippen LogP contribution is -2.72. The number of fused-ring (bicyclic) bond motifs is 5. The number of nitrogens with two attached hydrogens (primary N) is 2. The van der Waals surface area contributed by atoms with Gasteiger partial charge in [-0.3, -0.25) is 9.69 Å². The zero-order valence-electron chi connectivity index (χ0n) is 29.1. The van der Waals surface area contributed by atoms with Gasteiger partial charge in [0.1, 0.15) is 6.10 Å². The molecule has 11 atom stereocenters. The van der Waals surface area contributed by atoms with Crippen molar-refractivity contribution in [2.24, 2.45) is 63.7 Å². The van der Waals surface area contributed by atoms with E-state index in [0.29, 0.717) is 36.8 Å². The molecular weight excluding hydrogens is 534 g/mol. The summed E-state index contributed by atoms with van der Waals surface area (Å²) in [7, 11) is 0. The molecule has 4 aliphatic rings. The van der Waals surface area contributed by atoms with Crippen molar-refractivity contribution < 1.29 is 14.6 Å². The number of hydrogen-bond acceptors (Lipinski definition) is 6. The van der Waals surface area contributed by atoms with Gasteiger partial charge >= 0.3 is 5.97 Å². The Balaban J connectivity index is 1.65. The van der Waals surface area contributed by atoms with E-state index >= 15 is 0 Å². The molecule has 4 rings (SSSR count). The second-order valence-electron chi connectivity index (χ2n) is 16.6. The highest BCUT2D eigenvalue weighted by atomic mass is 16.5. The average Bonchev–Trinajstić information content (AvgIpc) is 3.31. The van der Waals surface area contributed by atoms with Crippen LogP contribution in [0.1, 0.15) is 132 Å². The molecule has 5 N–H and O–H groups in total. The van der Waals surface area contributed by atoms with Crippen molar-refractivity contribution in [1.82, 2.24) is 4.90 Å². The van der Waals surface area contributed by atoms with Crippen molar-refractivity contribution in [3.8, 4) is 0 Å². The molecule has 6 nitrogen and oxygen atoms in total. The molecule has 1 unspecified atom stereocenters. The molecule has 0 radical (unpaired) electrons. The molecule has 0 saturated heterocycles. The normalized spacial score (nSPS) is 40.6. The number of carbonyl (C=O) groups is 1. The van der Waals surface area contributed by atoms with Gasteiger partial charge in [-0.2, -0.15) is 0 Å². The summed E-state index contributed by atoms with van der Waals surface area (Å²) in [5.41, 5.74) is 11.3.